The largest absolute Gasteiger partial charge is 0.349 e. The van der Waals surface area contributed by atoms with Crippen molar-refractivity contribution < 1.29 is 13.2 Å². The summed E-state index contributed by atoms with van der Waals surface area (Å²) in [5.74, 6) is -0.216. The van der Waals surface area contributed by atoms with Gasteiger partial charge in [0.2, 0.25) is 0 Å². The fraction of sp³-hybridized carbons (Fsp3) is 0.381. The second-order valence-corrected chi connectivity index (χ2v) is 8.67. The summed E-state index contributed by atoms with van der Waals surface area (Å²) in [6.45, 7) is 2.04. The zero-order valence-electron chi connectivity index (χ0n) is 15.6. The van der Waals surface area contributed by atoms with Crippen LogP contribution in [0.15, 0.2) is 53.4 Å². The second kappa shape index (κ2) is 8.57. The molecule has 27 heavy (non-hydrogen) atoms. The Morgan fingerprint density at radius 3 is 2.41 bits per heavy atom. The third kappa shape index (κ3) is 5.10. The molecule has 0 atom stereocenters. The Morgan fingerprint density at radius 1 is 1.04 bits per heavy atom. The van der Waals surface area contributed by atoms with Crippen LogP contribution >= 0.6 is 0 Å². The summed E-state index contributed by atoms with van der Waals surface area (Å²) in [6.07, 6.45) is 6.33. The molecule has 0 spiro atoms. The Kier molecular flexibility index (Phi) is 6.16. The number of sulfonamides is 1. The number of amides is 1. The third-order valence-corrected chi connectivity index (χ3v) is 6.34. The van der Waals surface area contributed by atoms with Gasteiger partial charge in [-0.15, -0.1) is 0 Å². The molecule has 0 aliphatic heterocycles. The molecule has 1 amide bonds. The van der Waals surface area contributed by atoms with Crippen LogP contribution in [0.4, 0.5) is 5.69 Å². The molecule has 2 aromatic rings. The van der Waals surface area contributed by atoms with Crippen LogP contribution in [0.2, 0.25) is 0 Å². The normalized spacial score (nSPS) is 15.3. The van der Waals surface area contributed by atoms with Gasteiger partial charge in [0, 0.05) is 17.3 Å². The molecule has 0 aromatic heterocycles. The highest BCUT2D eigenvalue weighted by atomic mass is 32.2. The summed E-state index contributed by atoms with van der Waals surface area (Å²) < 4.78 is 27.9. The second-order valence-electron chi connectivity index (χ2n) is 6.99. The van der Waals surface area contributed by atoms with Crippen LogP contribution in [-0.2, 0) is 16.4 Å². The SMILES string of the molecule is CCc1ccc(NS(=O)(=O)c2cccc(C(=O)NC3CCCCC3)c2)cc1. The Bertz CT molecular complexity index is 886. The van der Waals surface area contributed by atoms with E-state index in [-0.39, 0.29) is 16.8 Å². The molecule has 2 N–H and O–H groups in total. The maximum Gasteiger partial charge on any atom is 0.261 e. The van der Waals surface area contributed by atoms with E-state index < -0.39 is 10.0 Å². The lowest BCUT2D eigenvalue weighted by Gasteiger charge is -2.22. The van der Waals surface area contributed by atoms with Crippen LogP contribution in [0.1, 0.15) is 54.9 Å². The van der Waals surface area contributed by atoms with Gasteiger partial charge in [0.05, 0.1) is 4.90 Å². The minimum Gasteiger partial charge on any atom is -0.349 e. The fourth-order valence-electron chi connectivity index (χ4n) is 3.34. The van der Waals surface area contributed by atoms with Crippen LogP contribution in [0.3, 0.4) is 0 Å². The monoisotopic (exact) mass is 386 g/mol. The van der Waals surface area contributed by atoms with E-state index in [2.05, 4.69) is 10.0 Å². The number of rotatable bonds is 6. The molecular weight excluding hydrogens is 360 g/mol. The average Bonchev–Trinajstić information content (AvgIpc) is 2.69. The van der Waals surface area contributed by atoms with Gasteiger partial charge in [-0.05, 0) is 55.2 Å². The highest BCUT2D eigenvalue weighted by Gasteiger charge is 2.19. The molecule has 1 saturated carbocycles. The van der Waals surface area contributed by atoms with Gasteiger partial charge in [0.15, 0.2) is 0 Å². The molecule has 6 heteroatoms. The average molecular weight is 387 g/mol. The standard InChI is InChI=1S/C21H26N2O3S/c1-2-16-11-13-19(14-12-16)23-27(25,26)20-10-6-7-17(15-20)21(24)22-18-8-4-3-5-9-18/h6-7,10-15,18,23H,2-5,8-9H2,1H3,(H,22,24). The maximum absolute atomic E-state index is 12.7. The van der Waals surface area contributed by atoms with Crippen molar-refractivity contribution in [2.45, 2.75) is 56.4 Å². The molecular formula is C21H26N2O3S. The van der Waals surface area contributed by atoms with Gasteiger partial charge in [-0.1, -0.05) is 44.4 Å². The van der Waals surface area contributed by atoms with E-state index in [9.17, 15) is 13.2 Å². The highest BCUT2D eigenvalue weighted by molar-refractivity contribution is 7.92. The van der Waals surface area contributed by atoms with Crippen LogP contribution in [0.5, 0.6) is 0 Å². The lowest BCUT2D eigenvalue weighted by molar-refractivity contribution is 0.0927. The minimum atomic E-state index is -3.75. The summed E-state index contributed by atoms with van der Waals surface area (Å²) in [6, 6.07) is 13.6. The van der Waals surface area contributed by atoms with Gasteiger partial charge >= 0.3 is 0 Å². The molecule has 0 heterocycles. The van der Waals surface area contributed by atoms with Crippen LogP contribution in [0, 0.1) is 0 Å². The van der Waals surface area contributed by atoms with E-state index in [1.165, 1.54) is 18.6 Å². The number of carbonyl (C=O) groups is 1. The Hall–Kier alpha value is -2.34. The van der Waals surface area contributed by atoms with E-state index in [1.54, 1.807) is 24.3 Å². The predicted octanol–water partition coefficient (Wildman–Crippen LogP) is 4.11. The fourth-order valence-corrected chi connectivity index (χ4v) is 4.45. The first-order valence-corrected chi connectivity index (χ1v) is 11.0. The van der Waals surface area contributed by atoms with Crippen LogP contribution in [-0.4, -0.2) is 20.4 Å². The first kappa shape index (κ1) is 19.4. The lowest BCUT2D eigenvalue weighted by Crippen LogP contribution is -2.36. The van der Waals surface area contributed by atoms with Crippen molar-refractivity contribution in [1.29, 1.82) is 0 Å². The molecule has 2 aromatic carbocycles. The minimum absolute atomic E-state index is 0.0818. The smallest absolute Gasteiger partial charge is 0.261 e. The Labute approximate surface area is 161 Å². The Balaban J connectivity index is 1.73. The van der Waals surface area contributed by atoms with Gasteiger partial charge in [0.25, 0.3) is 15.9 Å². The van der Waals surface area contributed by atoms with Gasteiger partial charge in [-0.25, -0.2) is 8.42 Å². The topological polar surface area (TPSA) is 75.3 Å². The van der Waals surface area contributed by atoms with Crippen molar-refractivity contribution in [3.63, 3.8) is 0 Å². The molecule has 1 aliphatic rings. The number of aryl methyl sites for hydroxylation is 1. The van der Waals surface area contributed by atoms with Crippen molar-refractivity contribution in [3.05, 3.63) is 59.7 Å². The van der Waals surface area contributed by atoms with Crippen molar-refractivity contribution in [3.8, 4) is 0 Å². The first-order valence-electron chi connectivity index (χ1n) is 9.50. The first-order chi connectivity index (χ1) is 13.0. The molecule has 0 unspecified atom stereocenters. The molecule has 1 fully saturated rings. The van der Waals surface area contributed by atoms with Crippen molar-refractivity contribution in [1.82, 2.24) is 5.32 Å². The van der Waals surface area contributed by atoms with E-state index in [0.717, 1.165) is 37.7 Å². The van der Waals surface area contributed by atoms with Crippen molar-refractivity contribution >= 4 is 21.6 Å². The molecule has 144 valence electrons. The van der Waals surface area contributed by atoms with Crippen molar-refractivity contribution in [2.24, 2.45) is 0 Å². The zero-order chi connectivity index (χ0) is 19.3. The van der Waals surface area contributed by atoms with Gasteiger partial charge in [-0.2, -0.15) is 0 Å². The summed E-state index contributed by atoms with van der Waals surface area (Å²) in [5.41, 5.74) is 2.01. The Morgan fingerprint density at radius 2 is 1.74 bits per heavy atom. The maximum atomic E-state index is 12.7. The van der Waals surface area contributed by atoms with Gasteiger partial charge < -0.3 is 5.32 Å². The molecule has 0 radical (unpaired) electrons. The quantitative estimate of drug-likeness (QED) is 0.784. The molecule has 0 bridgehead atoms. The lowest BCUT2D eigenvalue weighted by atomic mass is 9.95. The summed E-state index contributed by atoms with van der Waals surface area (Å²) >= 11 is 0. The third-order valence-electron chi connectivity index (χ3n) is 4.96. The number of benzene rings is 2. The van der Waals surface area contributed by atoms with E-state index >= 15 is 0 Å². The van der Waals surface area contributed by atoms with Crippen LogP contribution in [0.25, 0.3) is 0 Å². The van der Waals surface area contributed by atoms with Gasteiger partial charge in [-0.3, -0.25) is 9.52 Å². The van der Waals surface area contributed by atoms with Crippen molar-refractivity contribution in [2.75, 3.05) is 4.72 Å². The molecule has 1 aliphatic carbocycles. The molecule has 0 saturated heterocycles. The predicted molar refractivity (Wildman–Crippen MR) is 107 cm³/mol. The number of nitrogens with one attached hydrogen (secondary N) is 2. The van der Waals surface area contributed by atoms with E-state index in [4.69, 9.17) is 0 Å². The summed E-state index contributed by atoms with van der Waals surface area (Å²) in [5, 5.41) is 3.02. The van der Waals surface area contributed by atoms with E-state index in [0.29, 0.717) is 11.3 Å². The number of anilines is 1. The number of carbonyl (C=O) groups excluding carboxylic acids is 1. The zero-order valence-corrected chi connectivity index (χ0v) is 16.4. The van der Waals surface area contributed by atoms with E-state index in [1.807, 2.05) is 19.1 Å². The summed E-state index contributed by atoms with van der Waals surface area (Å²) in [4.78, 5) is 12.6. The number of hydrogen-bond donors (Lipinski definition) is 2. The highest BCUT2D eigenvalue weighted by Crippen LogP contribution is 2.20. The van der Waals surface area contributed by atoms with Crippen LogP contribution < -0.4 is 10.0 Å². The van der Waals surface area contributed by atoms with Gasteiger partial charge in [0.1, 0.15) is 0 Å². The molecule has 3 rings (SSSR count). The summed E-state index contributed by atoms with van der Waals surface area (Å²) in [7, 11) is -3.75. The number of hydrogen-bond acceptors (Lipinski definition) is 3. The molecule has 5 nitrogen and oxygen atoms in total.